The standard InChI is InChI=1S/C15H23N3/c1-2-7-15-14(6-1)16-8-13-18(15)12-5-11-17-9-3-4-10-17/h1-2,6-7,16H,3-5,8-13H2. The van der Waals surface area contributed by atoms with Gasteiger partial charge in [0, 0.05) is 19.6 Å². The van der Waals surface area contributed by atoms with Gasteiger partial charge in [0.05, 0.1) is 11.4 Å². The van der Waals surface area contributed by atoms with Gasteiger partial charge in [0.15, 0.2) is 0 Å². The van der Waals surface area contributed by atoms with Crippen molar-refractivity contribution < 1.29 is 0 Å². The zero-order valence-corrected chi connectivity index (χ0v) is 11.1. The molecule has 3 heteroatoms. The summed E-state index contributed by atoms with van der Waals surface area (Å²) in [6.45, 7) is 7.30. The van der Waals surface area contributed by atoms with Gasteiger partial charge in [-0.3, -0.25) is 0 Å². The highest BCUT2D eigenvalue weighted by Gasteiger charge is 2.16. The molecule has 0 bridgehead atoms. The molecule has 3 nitrogen and oxygen atoms in total. The van der Waals surface area contributed by atoms with Crippen molar-refractivity contribution >= 4 is 11.4 Å². The predicted octanol–water partition coefficient (Wildman–Crippen LogP) is 2.40. The van der Waals surface area contributed by atoms with E-state index in [1.54, 1.807) is 0 Å². The van der Waals surface area contributed by atoms with Gasteiger partial charge in [-0.2, -0.15) is 0 Å². The molecule has 1 aromatic carbocycles. The Balaban J connectivity index is 1.54. The van der Waals surface area contributed by atoms with Crippen molar-refractivity contribution in [1.82, 2.24) is 4.90 Å². The molecule has 2 aliphatic rings. The zero-order chi connectivity index (χ0) is 12.2. The van der Waals surface area contributed by atoms with Crippen LogP contribution in [0.1, 0.15) is 19.3 Å². The maximum absolute atomic E-state index is 3.47. The van der Waals surface area contributed by atoms with Gasteiger partial charge in [0.2, 0.25) is 0 Å². The number of likely N-dealkylation sites (tertiary alicyclic amines) is 1. The first-order valence-corrected chi connectivity index (χ1v) is 7.24. The lowest BCUT2D eigenvalue weighted by Crippen LogP contribution is -2.36. The second kappa shape index (κ2) is 5.61. The van der Waals surface area contributed by atoms with Crippen LogP contribution in [0, 0.1) is 0 Å². The largest absolute Gasteiger partial charge is 0.382 e. The summed E-state index contributed by atoms with van der Waals surface area (Å²) in [5, 5.41) is 3.47. The van der Waals surface area contributed by atoms with E-state index in [4.69, 9.17) is 0 Å². The van der Waals surface area contributed by atoms with E-state index in [9.17, 15) is 0 Å². The number of fused-ring (bicyclic) bond motifs is 1. The maximum Gasteiger partial charge on any atom is 0.0602 e. The molecule has 98 valence electrons. The summed E-state index contributed by atoms with van der Waals surface area (Å²) in [5.41, 5.74) is 2.68. The van der Waals surface area contributed by atoms with Crippen molar-refractivity contribution in [2.24, 2.45) is 0 Å². The lowest BCUT2D eigenvalue weighted by atomic mass is 10.2. The molecule has 18 heavy (non-hydrogen) atoms. The highest BCUT2D eigenvalue weighted by atomic mass is 15.2. The summed E-state index contributed by atoms with van der Waals surface area (Å²) in [4.78, 5) is 5.13. The van der Waals surface area contributed by atoms with Crippen LogP contribution in [0.4, 0.5) is 11.4 Å². The Kier molecular flexibility index (Phi) is 3.69. The fraction of sp³-hybridized carbons (Fsp3) is 0.600. The van der Waals surface area contributed by atoms with Crippen LogP contribution in [0.5, 0.6) is 0 Å². The third-order valence-corrected chi connectivity index (χ3v) is 4.04. The van der Waals surface area contributed by atoms with Crippen LogP contribution in [-0.4, -0.2) is 44.2 Å². The Morgan fingerprint density at radius 1 is 1.00 bits per heavy atom. The Hall–Kier alpha value is -1.22. The molecule has 1 N–H and O–H groups in total. The second-order valence-corrected chi connectivity index (χ2v) is 5.33. The van der Waals surface area contributed by atoms with Gasteiger partial charge < -0.3 is 15.1 Å². The average molecular weight is 245 g/mol. The molecule has 0 unspecified atom stereocenters. The minimum absolute atomic E-state index is 1.07. The Bertz CT molecular complexity index is 385. The number of rotatable bonds is 4. The van der Waals surface area contributed by atoms with E-state index >= 15 is 0 Å². The Morgan fingerprint density at radius 2 is 1.83 bits per heavy atom. The summed E-state index contributed by atoms with van der Waals surface area (Å²) >= 11 is 0. The number of benzene rings is 1. The van der Waals surface area contributed by atoms with E-state index < -0.39 is 0 Å². The van der Waals surface area contributed by atoms with Crippen molar-refractivity contribution in [3.63, 3.8) is 0 Å². The summed E-state index contributed by atoms with van der Waals surface area (Å²) in [5.74, 6) is 0. The molecule has 1 saturated heterocycles. The van der Waals surface area contributed by atoms with Gasteiger partial charge in [0.1, 0.15) is 0 Å². The molecule has 0 atom stereocenters. The molecular formula is C15H23N3. The first-order valence-electron chi connectivity index (χ1n) is 7.24. The normalized spacial score (nSPS) is 19.7. The molecule has 0 aromatic heterocycles. The third kappa shape index (κ3) is 2.61. The number of nitrogens with zero attached hydrogens (tertiary/aromatic N) is 2. The molecule has 0 amide bonds. The van der Waals surface area contributed by atoms with Crippen LogP contribution in [0.15, 0.2) is 24.3 Å². The maximum atomic E-state index is 3.47. The van der Waals surface area contributed by atoms with Crippen LogP contribution in [0.2, 0.25) is 0 Å². The van der Waals surface area contributed by atoms with E-state index in [1.165, 1.54) is 56.8 Å². The van der Waals surface area contributed by atoms with Crippen LogP contribution in [-0.2, 0) is 0 Å². The van der Waals surface area contributed by atoms with Gasteiger partial charge >= 0.3 is 0 Å². The fourth-order valence-corrected chi connectivity index (χ4v) is 3.07. The lowest BCUT2D eigenvalue weighted by molar-refractivity contribution is 0.334. The molecule has 3 rings (SSSR count). The number of anilines is 2. The second-order valence-electron chi connectivity index (χ2n) is 5.33. The van der Waals surface area contributed by atoms with Crippen LogP contribution in [0.25, 0.3) is 0 Å². The Morgan fingerprint density at radius 3 is 2.72 bits per heavy atom. The molecule has 2 aliphatic heterocycles. The lowest BCUT2D eigenvalue weighted by Gasteiger charge is -2.32. The number of nitrogens with one attached hydrogen (secondary N) is 1. The van der Waals surface area contributed by atoms with E-state index in [0.29, 0.717) is 0 Å². The topological polar surface area (TPSA) is 18.5 Å². The SMILES string of the molecule is c1ccc2c(c1)NCCN2CCCN1CCCC1. The monoisotopic (exact) mass is 245 g/mol. The highest BCUT2D eigenvalue weighted by molar-refractivity contribution is 5.71. The summed E-state index contributed by atoms with van der Waals surface area (Å²) in [7, 11) is 0. The molecule has 0 spiro atoms. The molecule has 0 radical (unpaired) electrons. The highest BCUT2D eigenvalue weighted by Crippen LogP contribution is 2.28. The molecule has 1 aromatic rings. The van der Waals surface area contributed by atoms with E-state index in [2.05, 4.69) is 39.4 Å². The first-order chi connectivity index (χ1) is 8.93. The average Bonchev–Trinajstić information content (AvgIpc) is 2.92. The molecule has 1 fully saturated rings. The van der Waals surface area contributed by atoms with Gasteiger partial charge in [-0.25, -0.2) is 0 Å². The summed E-state index contributed by atoms with van der Waals surface area (Å²) < 4.78 is 0. The predicted molar refractivity (Wildman–Crippen MR) is 77.4 cm³/mol. The summed E-state index contributed by atoms with van der Waals surface area (Å²) in [6.07, 6.45) is 4.08. The summed E-state index contributed by atoms with van der Waals surface area (Å²) in [6, 6.07) is 8.66. The van der Waals surface area contributed by atoms with E-state index in [-0.39, 0.29) is 0 Å². The van der Waals surface area contributed by atoms with E-state index in [0.717, 1.165) is 13.1 Å². The number of para-hydroxylation sites is 2. The zero-order valence-electron chi connectivity index (χ0n) is 11.1. The van der Waals surface area contributed by atoms with Gasteiger partial charge in [-0.1, -0.05) is 12.1 Å². The minimum atomic E-state index is 1.07. The van der Waals surface area contributed by atoms with Crippen molar-refractivity contribution in [1.29, 1.82) is 0 Å². The molecular weight excluding hydrogens is 222 g/mol. The van der Waals surface area contributed by atoms with Crippen LogP contribution < -0.4 is 10.2 Å². The fourth-order valence-electron chi connectivity index (χ4n) is 3.07. The van der Waals surface area contributed by atoms with Crippen molar-refractivity contribution in [3.8, 4) is 0 Å². The van der Waals surface area contributed by atoms with Crippen molar-refractivity contribution in [2.45, 2.75) is 19.3 Å². The first kappa shape index (κ1) is 11.8. The number of hydrogen-bond acceptors (Lipinski definition) is 3. The van der Waals surface area contributed by atoms with E-state index in [1.807, 2.05) is 0 Å². The quantitative estimate of drug-likeness (QED) is 0.879. The Labute approximate surface area is 110 Å². The van der Waals surface area contributed by atoms with Crippen LogP contribution in [0.3, 0.4) is 0 Å². The molecule has 0 saturated carbocycles. The van der Waals surface area contributed by atoms with Gasteiger partial charge in [0.25, 0.3) is 0 Å². The number of hydrogen-bond donors (Lipinski definition) is 1. The van der Waals surface area contributed by atoms with Crippen LogP contribution >= 0.6 is 0 Å². The van der Waals surface area contributed by atoms with Gasteiger partial charge in [-0.05, 0) is 51.0 Å². The minimum Gasteiger partial charge on any atom is -0.382 e. The smallest absolute Gasteiger partial charge is 0.0602 e. The van der Waals surface area contributed by atoms with Crippen molar-refractivity contribution in [2.75, 3.05) is 49.5 Å². The van der Waals surface area contributed by atoms with Gasteiger partial charge in [-0.15, -0.1) is 0 Å². The third-order valence-electron chi connectivity index (χ3n) is 4.04. The van der Waals surface area contributed by atoms with Crippen molar-refractivity contribution in [3.05, 3.63) is 24.3 Å². The molecule has 0 aliphatic carbocycles. The molecule has 2 heterocycles.